The van der Waals surface area contributed by atoms with E-state index < -0.39 is 0 Å². The lowest BCUT2D eigenvalue weighted by atomic mass is 10.0. The molecule has 2 nitrogen and oxygen atoms in total. The Labute approximate surface area is 100 Å². The number of nitrogens with zero attached hydrogens (tertiary/aromatic N) is 1. The van der Waals surface area contributed by atoms with Crippen LogP contribution in [0.25, 0.3) is 10.9 Å². The zero-order valence-corrected chi connectivity index (χ0v) is 10.3. The summed E-state index contributed by atoms with van der Waals surface area (Å²) >= 11 is 6.05. The molecule has 0 atom stereocenters. The smallest absolute Gasteiger partial charge is 0.0738 e. The molecule has 0 bridgehead atoms. The highest BCUT2D eigenvalue weighted by atomic mass is 35.5. The maximum atomic E-state index is 6.05. The summed E-state index contributed by atoms with van der Waals surface area (Å²) in [7, 11) is 0. The SMILES string of the molecule is Cc1cc(CCN)nc2c(C)cc(Cl)cc12. The minimum absolute atomic E-state index is 0.630. The molecule has 0 saturated heterocycles. The van der Waals surface area contributed by atoms with Crippen LogP contribution in [0.1, 0.15) is 16.8 Å². The van der Waals surface area contributed by atoms with Crippen molar-refractivity contribution in [2.24, 2.45) is 5.73 Å². The highest BCUT2D eigenvalue weighted by Crippen LogP contribution is 2.25. The first-order valence-electron chi connectivity index (χ1n) is 5.38. The monoisotopic (exact) mass is 234 g/mol. The van der Waals surface area contributed by atoms with Gasteiger partial charge in [-0.2, -0.15) is 0 Å². The highest BCUT2D eigenvalue weighted by molar-refractivity contribution is 6.31. The van der Waals surface area contributed by atoms with E-state index in [9.17, 15) is 0 Å². The fourth-order valence-electron chi connectivity index (χ4n) is 1.96. The minimum atomic E-state index is 0.630. The topological polar surface area (TPSA) is 38.9 Å². The van der Waals surface area contributed by atoms with Crippen molar-refractivity contribution < 1.29 is 0 Å². The first kappa shape index (κ1) is 11.4. The Hall–Kier alpha value is -1.12. The number of aromatic nitrogens is 1. The van der Waals surface area contributed by atoms with E-state index in [0.717, 1.165) is 33.6 Å². The van der Waals surface area contributed by atoms with Gasteiger partial charge in [0.05, 0.1) is 5.52 Å². The molecular weight excluding hydrogens is 220 g/mol. The zero-order chi connectivity index (χ0) is 11.7. The summed E-state index contributed by atoms with van der Waals surface area (Å²) in [5.41, 5.74) is 9.97. The Morgan fingerprint density at radius 2 is 1.94 bits per heavy atom. The summed E-state index contributed by atoms with van der Waals surface area (Å²) in [6.45, 7) is 4.75. The first-order chi connectivity index (χ1) is 7.61. The molecule has 0 aliphatic heterocycles. The summed E-state index contributed by atoms with van der Waals surface area (Å²) in [6.07, 6.45) is 0.818. The van der Waals surface area contributed by atoms with Crippen LogP contribution in [0, 0.1) is 13.8 Å². The predicted octanol–water partition coefficient (Wildman–Crippen LogP) is 3.01. The van der Waals surface area contributed by atoms with Crippen LogP contribution in [0.3, 0.4) is 0 Å². The van der Waals surface area contributed by atoms with Gasteiger partial charge in [-0.1, -0.05) is 11.6 Å². The van der Waals surface area contributed by atoms with Gasteiger partial charge in [0, 0.05) is 22.5 Å². The fourth-order valence-corrected chi connectivity index (χ4v) is 2.24. The van der Waals surface area contributed by atoms with Gasteiger partial charge in [0.15, 0.2) is 0 Å². The van der Waals surface area contributed by atoms with E-state index in [1.54, 1.807) is 0 Å². The summed E-state index contributed by atoms with van der Waals surface area (Å²) in [5, 5.41) is 1.90. The Morgan fingerprint density at radius 3 is 2.62 bits per heavy atom. The molecule has 2 rings (SSSR count). The minimum Gasteiger partial charge on any atom is -0.330 e. The zero-order valence-electron chi connectivity index (χ0n) is 9.55. The van der Waals surface area contributed by atoms with Crippen LogP contribution in [0.2, 0.25) is 5.02 Å². The fraction of sp³-hybridized carbons (Fsp3) is 0.308. The van der Waals surface area contributed by atoms with Crippen LogP contribution < -0.4 is 5.73 Å². The maximum absolute atomic E-state index is 6.05. The van der Waals surface area contributed by atoms with Gasteiger partial charge >= 0.3 is 0 Å². The molecule has 2 aromatic rings. The second-order valence-electron chi connectivity index (χ2n) is 4.09. The van der Waals surface area contributed by atoms with Gasteiger partial charge in [-0.25, -0.2) is 0 Å². The third-order valence-electron chi connectivity index (χ3n) is 2.73. The Morgan fingerprint density at radius 1 is 1.19 bits per heavy atom. The number of fused-ring (bicyclic) bond motifs is 1. The van der Waals surface area contributed by atoms with Gasteiger partial charge in [0.25, 0.3) is 0 Å². The number of halogens is 1. The standard InChI is InChI=1S/C13H15ClN2/c1-8-6-11(3-4-15)16-13-9(2)5-10(14)7-12(8)13/h5-7H,3-4,15H2,1-2H3. The van der Waals surface area contributed by atoms with Crippen LogP contribution in [0.15, 0.2) is 18.2 Å². The van der Waals surface area contributed by atoms with E-state index >= 15 is 0 Å². The molecular formula is C13H15ClN2. The molecule has 0 saturated carbocycles. The number of pyridine rings is 1. The molecule has 3 heteroatoms. The van der Waals surface area contributed by atoms with Gasteiger partial charge in [0.1, 0.15) is 0 Å². The number of hydrogen-bond acceptors (Lipinski definition) is 2. The Bertz CT molecular complexity index is 535. The summed E-state index contributed by atoms with van der Waals surface area (Å²) < 4.78 is 0. The van der Waals surface area contributed by atoms with E-state index in [1.807, 2.05) is 19.1 Å². The predicted molar refractivity (Wildman–Crippen MR) is 69.0 cm³/mol. The molecule has 2 N–H and O–H groups in total. The van der Waals surface area contributed by atoms with Crippen molar-refractivity contribution in [1.82, 2.24) is 4.98 Å². The molecule has 0 aliphatic carbocycles. The molecule has 0 aliphatic rings. The summed E-state index contributed by atoms with van der Waals surface area (Å²) in [6, 6.07) is 6.01. The second-order valence-corrected chi connectivity index (χ2v) is 4.52. The van der Waals surface area contributed by atoms with Crippen molar-refractivity contribution in [3.63, 3.8) is 0 Å². The van der Waals surface area contributed by atoms with Crippen molar-refractivity contribution in [2.45, 2.75) is 20.3 Å². The molecule has 0 amide bonds. The van der Waals surface area contributed by atoms with Crippen LogP contribution in [0.5, 0.6) is 0 Å². The Balaban J connectivity index is 2.71. The first-order valence-corrected chi connectivity index (χ1v) is 5.76. The van der Waals surface area contributed by atoms with Crippen molar-refractivity contribution in [2.75, 3.05) is 6.54 Å². The molecule has 1 aromatic carbocycles. The van der Waals surface area contributed by atoms with Crippen molar-refractivity contribution in [3.05, 3.63) is 40.0 Å². The molecule has 1 aromatic heterocycles. The number of rotatable bonds is 2. The van der Waals surface area contributed by atoms with Gasteiger partial charge in [-0.3, -0.25) is 4.98 Å². The molecule has 0 fully saturated rings. The van der Waals surface area contributed by atoms with Crippen LogP contribution >= 0.6 is 11.6 Å². The van der Waals surface area contributed by atoms with E-state index in [2.05, 4.69) is 18.0 Å². The molecule has 84 valence electrons. The summed E-state index contributed by atoms with van der Waals surface area (Å²) in [5.74, 6) is 0. The molecule has 0 radical (unpaired) electrons. The van der Waals surface area contributed by atoms with Crippen molar-refractivity contribution in [1.29, 1.82) is 0 Å². The highest BCUT2D eigenvalue weighted by Gasteiger charge is 2.06. The van der Waals surface area contributed by atoms with Crippen LogP contribution in [-0.4, -0.2) is 11.5 Å². The van der Waals surface area contributed by atoms with E-state index in [4.69, 9.17) is 17.3 Å². The third kappa shape index (κ3) is 2.04. The number of benzene rings is 1. The second kappa shape index (κ2) is 4.40. The average Bonchev–Trinajstić information content (AvgIpc) is 2.20. The lowest BCUT2D eigenvalue weighted by molar-refractivity contribution is 0.929. The number of hydrogen-bond donors (Lipinski definition) is 1. The van der Waals surface area contributed by atoms with Gasteiger partial charge in [-0.15, -0.1) is 0 Å². The van der Waals surface area contributed by atoms with Gasteiger partial charge < -0.3 is 5.73 Å². The van der Waals surface area contributed by atoms with Crippen LogP contribution in [-0.2, 0) is 6.42 Å². The van der Waals surface area contributed by atoms with Gasteiger partial charge in [0.2, 0.25) is 0 Å². The van der Waals surface area contributed by atoms with Crippen molar-refractivity contribution in [3.8, 4) is 0 Å². The third-order valence-corrected chi connectivity index (χ3v) is 2.95. The number of nitrogens with two attached hydrogens (primary N) is 1. The van der Waals surface area contributed by atoms with E-state index in [-0.39, 0.29) is 0 Å². The van der Waals surface area contributed by atoms with E-state index in [0.29, 0.717) is 6.54 Å². The number of aryl methyl sites for hydroxylation is 2. The van der Waals surface area contributed by atoms with Crippen LogP contribution in [0.4, 0.5) is 0 Å². The lowest BCUT2D eigenvalue weighted by Gasteiger charge is -2.08. The maximum Gasteiger partial charge on any atom is 0.0738 e. The quantitative estimate of drug-likeness (QED) is 0.868. The molecule has 16 heavy (non-hydrogen) atoms. The molecule has 1 heterocycles. The summed E-state index contributed by atoms with van der Waals surface area (Å²) in [4.78, 5) is 4.63. The normalized spacial score (nSPS) is 11.0. The van der Waals surface area contributed by atoms with Crippen molar-refractivity contribution >= 4 is 22.5 Å². The lowest BCUT2D eigenvalue weighted by Crippen LogP contribution is -2.05. The molecule has 0 spiro atoms. The van der Waals surface area contributed by atoms with Gasteiger partial charge in [-0.05, 0) is 49.7 Å². The largest absolute Gasteiger partial charge is 0.330 e. The Kier molecular flexibility index (Phi) is 3.13. The van der Waals surface area contributed by atoms with E-state index in [1.165, 1.54) is 5.56 Å². The average molecular weight is 235 g/mol. The molecule has 0 unspecified atom stereocenters.